The van der Waals surface area contributed by atoms with Crippen molar-refractivity contribution in [1.82, 2.24) is 9.97 Å². The second-order valence-electron chi connectivity index (χ2n) is 3.32. The van der Waals surface area contributed by atoms with Crippen molar-refractivity contribution in [3.63, 3.8) is 0 Å². The largest absolute Gasteiger partial charge is 0.368 e. The minimum Gasteiger partial charge on any atom is -0.368 e. The number of nitrogens with one attached hydrogen (secondary N) is 1. The summed E-state index contributed by atoms with van der Waals surface area (Å²) in [6, 6.07) is 0. The Labute approximate surface area is 102 Å². The van der Waals surface area contributed by atoms with Crippen LogP contribution in [0.15, 0.2) is 6.33 Å². The number of anilines is 1. The number of halogens is 2. The fraction of sp³-hybridized carbons (Fsp3) is 0.444. The number of amides is 1. The van der Waals surface area contributed by atoms with Crippen LogP contribution < -0.4 is 5.32 Å². The van der Waals surface area contributed by atoms with Gasteiger partial charge in [0.15, 0.2) is 10.3 Å². The van der Waals surface area contributed by atoms with Crippen LogP contribution in [0.3, 0.4) is 0 Å². The molecule has 5 nitrogen and oxygen atoms in total. The minimum atomic E-state index is -0.438. The number of carbonyl (C=O) groups is 1. The molecule has 1 N–H and O–H groups in total. The van der Waals surface area contributed by atoms with E-state index in [4.69, 9.17) is 27.9 Å². The number of nitrogens with zero attached hydrogens (tertiary/aromatic N) is 2. The second-order valence-corrected chi connectivity index (χ2v) is 4.04. The third-order valence-electron chi connectivity index (χ3n) is 2.23. The Balaban J connectivity index is 2.11. The predicted octanol–water partition coefficient (Wildman–Crippen LogP) is 1.90. The van der Waals surface area contributed by atoms with Gasteiger partial charge in [-0.05, 0) is 12.8 Å². The molecule has 1 amide bonds. The summed E-state index contributed by atoms with van der Waals surface area (Å²) in [6.45, 7) is 0.602. The van der Waals surface area contributed by atoms with Crippen LogP contribution in [-0.2, 0) is 9.53 Å². The molecule has 1 saturated heterocycles. The fourth-order valence-electron chi connectivity index (χ4n) is 1.44. The van der Waals surface area contributed by atoms with Crippen molar-refractivity contribution in [2.24, 2.45) is 0 Å². The zero-order chi connectivity index (χ0) is 11.5. The van der Waals surface area contributed by atoms with E-state index in [1.54, 1.807) is 0 Å². The van der Waals surface area contributed by atoms with E-state index in [-0.39, 0.29) is 21.9 Å². The number of ether oxygens (including phenoxy) is 1. The molecule has 1 fully saturated rings. The van der Waals surface area contributed by atoms with Crippen molar-refractivity contribution in [2.75, 3.05) is 11.9 Å². The Morgan fingerprint density at radius 3 is 2.69 bits per heavy atom. The summed E-state index contributed by atoms with van der Waals surface area (Å²) in [7, 11) is 0. The first-order valence-corrected chi connectivity index (χ1v) is 5.52. The molecule has 0 saturated carbocycles. The SMILES string of the molecule is O=C(Nc1c(Cl)ncnc1Cl)C1CCCO1. The molecule has 0 bridgehead atoms. The van der Waals surface area contributed by atoms with Crippen LogP contribution in [-0.4, -0.2) is 28.6 Å². The predicted molar refractivity (Wildman–Crippen MR) is 59.7 cm³/mol. The molecule has 1 aromatic heterocycles. The third-order valence-corrected chi connectivity index (χ3v) is 2.80. The molecule has 0 aliphatic carbocycles. The first-order chi connectivity index (χ1) is 7.68. The molecular weight excluding hydrogens is 253 g/mol. The highest BCUT2D eigenvalue weighted by atomic mass is 35.5. The number of aromatic nitrogens is 2. The Bertz CT molecular complexity index is 387. The molecule has 0 radical (unpaired) electrons. The van der Waals surface area contributed by atoms with Crippen LogP contribution in [0.4, 0.5) is 5.69 Å². The zero-order valence-electron chi connectivity index (χ0n) is 8.24. The van der Waals surface area contributed by atoms with E-state index in [1.807, 2.05) is 0 Å². The third kappa shape index (κ3) is 2.42. The molecule has 1 aromatic rings. The molecule has 1 aliphatic rings. The van der Waals surface area contributed by atoms with Crippen molar-refractivity contribution in [3.8, 4) is 0 Å². The quantitative estimate of drug-likeness (QED) is 0.827. The van der Waals surface area contributed by atoms with Crippen LogP contribution in [0, 0.1) is 0 Å². The Hall–Kier alpha value is -0.910. The number of carbonyl (C=O) groups excluding carboxylic acids is 1. The van der Waals surface area contributed by atoms with E-state index in [0.29, 0.717) is 13.0 Å². The smallest absolute Gasteiger partial charge is 0.253 e. The summed E-state index contributed by atoms with van der Waals surface area (Å²) in [4.78, 5) is 19.2. The van der Waals surface area contributed by atoms with Crippen LogP contribution in [0.1, 0.15) is 12.8 Å². The van der Waals surface area contributed by atoms with Gasteiger partial charge in [-0.3, -0.25) is 4.79 Å². The zero-order valence-corrected chi connectivity index (χ0v) is 9.75. The van der Waals surface area contributed by atoms with Crippen molar-refractivity contribution in [2.45, 2.75) is 18.9 Å². The maximum absolute atomic E-state index is 11.7. The lowest BCUT2D eigenvalue weighted by atomic mass is 10.2. The van der Waals surface area contributed by atoms with E-state index >= 15 is 0 Å². The summed E-state index contributed by atoms with van der Waals surface area (Å²) in [5, 5.41) is 2.80. The van der Waals surface area contributed by atoms with Gasteiger partial charge >= 0.3 is 0 Å². The maximum atomic E-state index is 11.7. The summed E-state index contributed by atoms with van der Waals surface area (Å²) in [5.41, 5.74) is 0.228. The highest BCUT2D eigenvalue weighted by Gasteiger charge is 2.25. The van der Waals surface area contributed by atoms with Gasteiger partial charge in [0.05, 0.1) is 0 Å². The fourth-order valence-corrected chi connectivity index (χ4v) is 1.84. The van der Waals surface area contributed by atoms with Crippen molar-refractivity contribution < 1.29 is 9.53 Å². The van der Waals surface area contributed by atoms with E-state index in [1.165, 1.54) is 6.33 Å². The van der Waals surface area contributed by atoms with Gasteiger partial charge in [-0.1, -0.05) is 23.2 Å². The van der Waals surface area contributed by atoms with Crippen LogP contribution in [0.25, 0.3) is 0 Å². The van der Waals surface area contributed by atoms with Crippen molar-refractivity contribution in [3.05, 3.63) is 16.6 Å². The highest BCUT2D eigenvalue weighted by Crippen LogP contribution is 2.26. The summed E-state index contributed by atoms with van der Waals surface area (Å²) in [5.74, 6) is -0.267. The molecule has 0 spiro atoms. The summed E-state index contributed by atoms with van der Waals surface area (Å²) in [6.07, 6.45) is 2.37. The minimum absolute atomic E-state index is 0.117. The van der Waals surface area contributed by atoms with Crippen molar-refractivity contribution >= 4 is 34.8 Å². The molecule has 1 unspecified atom stereocenters. The molecule has 1 aliphatic heterocycles. The standard InChI is InChI=1S/C9H9Cl2N3O2/c10-7-6(8(11)13-4-12-7)14-9(15)5-2-1-3-16-5/h4-5H,1-3H2,(H,14,15). The molecule has 1 atom stereocenters. The van der Waals surface area contributed by atoms with E-state index in [0.717, 1.165) is 6.42 Å². The van der Waals surface area contributed by atoms with Gasteiger partial charge in [-0.25, -0.2) is 9.97 Å². The van der Waals surface area contributed by atoms with E-state index in [2.05, 4.69) is 15.3 Å². The van der Waals surface area contributed by atoms with Gasteiger partial charge in [0.25, 0.3) is 5.91 Å². The topological polar surface area (TPSA) is 64.1 Å². The Morgan fingerprint density at radius 1 is 1.44 bits per heavy atom. The average molecular weight is 262 g/mol. The first kappa shape index (κ1) is 11.6. The summed E-state index contributed by atoms with van der Waals surface area (Å²) < 4.78 is 5.23. The Morgan fingerprint density at radius 2 is 2.12 bits per heavy atom. The number of rotatable bonds is 2. The second kappa shape index (κ2) is 4.95. The van der Waals surface area contributed by atoms with Gasteiger partial charge in [0.2, 0.25) is 0 Å². The normalized spacial score (nSPS) is 19.8. The van der Waals surface area contributed by atoms with Gasteiger partial charge in [-0.2, -0.15) is 0 Å². The number of hydrogen-bond donors (Lipinski definition) is 1. The lowest BCUT2D eigenvalue weighted by molar-refractivity contribution is -0.124. The van der Waals surface area contributed by atoms with Crippen LogP contribution in [0.2, 0.25) is 10.3 Å². The molecule has 0 aromatic carbocycles. The maximum Gasteiger partial charge on any atom is 0.253 e. The molecule has 2 rings (SSSR count). The van der Waals surface area contributed by atoms with Crippen LogP contribution >= 0.6 is 23.2 Å². The van der Waals surface area contributed by atoms with Gasteiger partial charge in [0.1, 0.15) is 18.1 Å². The molecule has 7 heteroatoms. The lowest BCUT2D eigenvalue weighted by Crippen LogP contribution is -2.27. The number of hydrogen-bond acceptors (Lipinski definition) is 4. The van der Waals surface area contributed by atoms with Gasteiger partial charge < -0.3 is 10.1 Å². The lowest BCUT2D eigenvalue weighted by Gasteiger charge is -2.11. The van der Waals surface area contributed by atoms with E-state index in [9.17, 15) is 4.79 Å². The first-order valence-electron chi connectivity index (χ1n) is 4.77. The monoisotopic (exact) mass is 261 g/mol. The Kier molecular flexibility index (Phi) is 3.58. The highest BCUT2D eigenvalue weighted by molar-refractivity contribution is 6.38. The molecule has 16 heavy (non-hydrogen) atoms. The average Bonchev–Trinajstić information content (AvgIpc) is 2.76. The molecule has 2 heterocycles. The van der Waals surface area contributed by atoms with Gasteiger partial charge in [0, 0.05) is 6.61 Å². The van der Waals surface area contributed by atoms with Crippen molar-refractivity contribution in [1.29, 1.82) is 0 Å². The van der Waals surface area contributed by atoms with E-state index < -0.39 is 6.10 Å². The van der Waals surface area contributed by atoms with Crippen LogP contribution in [0.5, 0.6) is 0 Å². The molecule has 86 valence electrons. The van der Waals surface area contributed by atoms with Gasteiger partial charge in [-0.15, -0.1) is 0 Å². The summed E-state index contributed by atoms with van der Waals surface area (Å²) >= 11 is 11.6. The molecular formula is C9H9Cl2N3O2.